The Morgan fingerprint density at radius 1 is 1.12 bits per heavy atom. The van der Waals surface area contributed by atoms with Crippen LogP contribution in [0.5, 0.6) is 0 Å². The molecule has 0 atom stereocenters. The van der Waals surface area contributed by atoms with Crippen molar-refractivity contribution >= 4 is 17.5 Å². The Labute approximate surface area is 177 Å². The molecule has 0 fully saturated rings. The molecule has 0 spiro atoms. The molecule has 2 aromatic heterocycles. The van der Waals surface area contributed by atoms with Gasteiger partial charge in [0.15, 0.2) is 5.82 Å². The van der Waals surface area contributed by atoms with Crippen LogP contribution >= 0.6 is 0 Å². The summed E-state index contributed by atoms with van der Waals surface area (Å²) in [4.78, 5) is 21.3. The van der Waals surface area contributed by atoms with Crippen LogP contribution in [0.15, 0.2) is 54.9 Å². The van der Waals surface area contributed by atoms with Gasteiger partial charge < -0.3 is 5.32 Å². The van der Waals surface area contributed by atoms with Gasteiger partial charge in [0, 0.05) is 24.7 Å². The van der Waals surface area contributed by atoms with Crippen molar-refractivity contribution in [2.45, 2.75) is 18.5 Å². The van der Waals surface area contributed by atoms with Crippen molar-refractivity contribution in [2.24, 2.45) is 0 Å². The molecule has 3 heterocycles. The Morgan fingerprint density at radius 2 is 1.91 bits per heavy atom. The molecule has 4 rings (SSSR count). The quantitative estimate of drug-likeness (QED) is 0.498. The molecule has 0 bridgehead atoms. The van der Waals surface area contributed by atoms with E-state index in [1.807, 2.05) is 0 Å². The third-order valence-corrected chi connectivity index (χ3v) is 4.92. The van der Waals surface area contributed by atoms with Gasteiger partial charge in [-0.1, -0.05) is 12.1 Å². The number of aromatic nitrogens is 2. The van der Waals surface area contributed by atoms with Crippen LogP contribution in [0.2, 0.25) is 0 Å². The normalized spacial score (nSPS) is 15.2. The summed E-state index contributed by atoms with van der Waals surface area (Å²) in [5.41, 5.74) is -1.68. The highest BCUT2D eigenvalue weighted by atomic mass is 19.4. The maximum atomic E-state index is 14.5. The van der Waals surface area contributed by atoms with Gasteiger partial charge in [0.25, 0.3) is 5.92 Å². The summed E-state index contributed by atoms with van der Waals surface area (Å²) in [6.07, 6.45) is -3.19. The number of nitrogens with one attached hydrogen (secondary N) is 1. The summed E-state index contributed by atoms with van der Waals surface area (Å²) in [6.45, 7) is -0.433. The van der Waals surface area contributed by atoms with Gasteiger partial charge in [-0.3, -0.25) is 9.88 Å². The number of hydrogen-bond acceptors (Lipinski definition) is 3. The van der Waals surface area contributed by atoms with Crippen molar-refractivity contribution in [3.63, 3.8) is 0 Å². The summed E-state index contributed by atoms with van der Waals surface area (Å²) >= 11 is 0. The van der Waals surface area contributed by atoms with Crippen LogP contribution in [0.4, 0.5) is 42.6 Å². The summed E-state index contributed by atoms with van der Waals surface area (Å²) in [5.74, 6) is -4.54. The Bertz CT molecular complexity index is 1180. The molecular formula is C21H14F6N4O. The Balaban J connectivity index is 1.74. The fraction of sp³-hybridized carbons (Fsp3) is 0.190. The molecule has 1 aliphatic heterocycles. The fourth-order valence-electron chi connectivity index (χ4n) is 3.31. The van der Waals surface area contributed by atoms with E-state index in [4.69, 9.17) is 0 Å². The second-order valence-electron chi connectivity index (χ2n) is 7.04. The lowest BCUT2D eigenvalue weighted by Gasteiger charge is -2.33. The second kappa shape index (κ2) is 7.81. The topological polar surface area (TPSA) is 58.1 Å². The van der Waals surface area contributed by atoms with Gasteiger partial charge in [0.05, 0.1) is 28.7 Å². The van der Waals surface area contributed by atoms with Crippen molar-refractivity contribution in [2.75, 3.05) is 16.8 Å². The van der Waals surface area contributed by atoms with E-state index in [0.717, 1.165) is 29.3 Å². The van der Waals surface area contributed by atoms with Gasteiger partial charge in [-0.05, 0) is 30.3 Å². The number of urea groups is 1. The van der Waals surface area contributed by atoms with Crippen LogP contribution in [0, 0.1) is 5.82 Å². The maximum absolute atomic E-state index is 14.5. The molecule has 3 aromatic rings. The Hall–Kier alpha value is -3.63. The van der Waals surface area contributed by atoms with Gasteiger partial charge in [0.1, 0.15) is 5.82 Å². The Morgan fingerprint density at radius 3 is 2.62 bits per heavy atom. The lowest BCUT2D eigenvalue weighted by Crippen LogP contribution is -2.43. The number of pyridine rings is 2. The van der Waals surface area contributed by atoms with Crippen LogP contribution in [-0.2, 0) is 12.1 Å². The predicted octanol–water partition coefficient (Wildman–Crippen LogP) is 5.84. The highest BCUT2D eigenvalue weighted by molar-refractivity contribution is 6.02. The van der Waals surface area contributed by atoms with Gasteiger partial charge in [-0.25, -0.2) is 22.9 Å². The molecule has 32 heavy (non-hydrogen) atoms. The molecule has 0 radical (unpaired) electrons. The molecule has 166 valence electrons. The van der Waals surface area contributed by atoms with Crippen LogP contribution in [0.25, 0.3) is 11.3 Å². The van der Waals surface area contributed by atoms with Gasteiger partial charge in [0.2, 0.25) is 0 Å². The van der Waals surface area contributed by atoms with E-state index in [2.05, 4.69) is 15.3 Å². The van der Waals surface area contributed by atoms with Gasteiger partial charge >= 0.3 is 12.2 Å². The molecule has 0 unspecified atom stereocenters. The number of benzene rings is 1. The second-order valence-corrected chi connectivity index (χ2v) is 7.04. The van der Waals surface area contributed by atoms with E-state index in [0.29, 0.717) is 0 Å². The number of carbonyl (C=O) groups excluding carboxylic acids is 1. The largest absolute Gasteiger partial charge is 0.416 e. The van der Waals surface area contributed by atoms with Crippen LogP contribution in [0.1, 0.15) is 17.5 Å². The molecule has 1 aliphatic rings. The average Bonchev–Trinajstić information content (AvgIpc) is 2.74. The van der Waals surface area contributed by atoms with Crippen molar-refractivity contribution in [3.05, 3.63) is 71.8 Å². The summed E-state index contributed by atoms with van der Waals surface area (Å²) in [7, 11) is 0. The molecular weight excluding hydrogens is 438 g/mol. The van der Waals surface area contributed by atoms with Crippen molar-refractivity contribution in [1.29, 1.82) is 0 Å². The highest BCUT2D eigenvalue weighted by Gasteiger charge is 2.42. The number of carbonyl (C=O) groups is 1. The summed E-state index contributed by atoms with van der Waals surface area (Å²) in [5, 5.41) is 2.27. The minimum Gasteiger partial charge on any atom is -0.305 e. The minimum absolute atomic E-state index is 0.0274. The maximum Gasteiger partial charge on any atom is 0.416 e. The number of anilines is 2. The van der Waals surface area contributed by atoms with Crippen LogP contribution < -0.4 is 10.2 Å². The Kier molecular flexibility index (Phi) is 5.27. The van der Waals surface area contributed by atoms with Crippen LogP contribution in [-0.4, -0.2) is 22.5 Å². The lowest BCUT2D eigenvalue weighted by molar-refractivity contribution is -0.137. The molecule has 11 heteroatoms. The molecule has 1 N–H and O–H groups in total. The summed E-state index contributed by atoms with van der Waals surface area (Å²) in [6, 6.07) is 6.72. The number of amides is 2. The predicted molar refractivity (Wildman–Crippen MR) is 104 cm³/mol. The van der Waals surface area contributed by atoms with E-state index in [1.165, 1.54) is 30.5 Å². The number of halogens is 6. The van der Waals surface area contributed by atoms with Crippen molar-refractivity contribution in [3.8, 4) is 11.3 Å². The first kappa shape index (κ1) is 21.6. The number of hydrogen-bond donors (Lipinski definition) is 1. The molecule has 5 nitrogen and oxygen atoms in total. The van der Waals surface area contributed by atoms with E-state index in [9.17, 15) is 31.1 Å². The molecule has 0 saturated heterocycles. The molecule has 2 amide bonds. The lowest BCUT2D eigenvalue weighted by atomic mass is 9.99. The van der Waals surface area contributed by atoms with E-state index in [1.54, 1.807) is 0 Å². The number of alkyl halides is 5. The number of rotatable bonds is 2. The van der Waals surface area contributed by atoms with Gasteiger partial charge in [-0.2, -0.15) is 13.2 Å². The highest BCUT2D eigenvalue weighted by Crippen LogP contribution is 2.43. The van der Waals surface area contributed by atoms with Gasteiger partial charge in [-0.15, -0.1) is 0 Å². The van der Waals surface area contributed by atoms with Crippen molar-refractivity contribution in [1.82, 2.24) is 9.97 Å². The SMILES string of the molecule is O=C(Nc1ccncc1F)N1CCC(F)(F)c2ccc(-c3cccc(C(F)(F)F)c3)nc21. The first-order valence-corrected chi connectivity index (χ1v) is 9.31. The van der Waals surface area contributed by atoms with Crippen molar-refractivity contribution < 1.29 is 31.1 Å². The average molecular weight is 452 g/mol. The molecule has 0 saturated carbocycles. The van der Waals surface area contributed by atoms with E-state index in [-0.39, 0.29) is 16.9 Å². The van der Waals surface area contributed by atoms with E-state index >= 15 is 0 Å². The zero-order chi connectivity index (χ0) is 23.1. The number of fused-ring (bicyclic) bond motifs is 1. The molecule has 0 aliphatic carbocycles. The first-order valence-electron chi connectivity index (χ1n) is 9.31. The monoisotopic (exact) mass is 452 g/mol. The number of nitrogens with zero attached hydrogens (tertiary/aromatic N) is 3. The first-order chi connectivity index (χ1) is 15.1. The smallest absolute Gasteiger partial charge is 0.305 e. The third-order valence-electron chi connectivity index (χ3n) is 4.92. The fourth-order valence-corrected chi connectivity index (χ4v) is 3.31. The molecule has 1 aromatic carbocycles. The summed E-state index contributed by atoms with van der Waals surface area (Å²) < 4.78 is 81.9. The standard InChI is InChI=1S/C21H14F6N4O/c22-15-11-28-8-6-17(15)30-19(32)31-9-7-20(23,24)14-4-5-16(29-18(14)31)12-2-1-3-13(10-12)21(25,26)27/h1-6,8,10-11H,7,9H2,(H,28,30,32). The minimum atomic E-state index is -4.60. The van der Waals surface area contributed by atoms with Crippen LogP contribution in [0.3, 0.4) is 0 Å². The van der Waals surface area contributed by atoms with E-state index < -0.39 is 53.9 Å². The zero-order valence-electron chi connectivity index (χ0n) is 16.1. The third kappa shape index (κ3) is 4.10. The zero-order valence-corrected chi connectivity index (χ0v) is 16.1.